The van der Waals surface area contributed by atoms with Crippen LogP contribution in [-0.4, -0.2) is 30.4 Å². The number of phenolic OH excluding ortho intramolecular Hbond substituents is 1. The minimum absolute atomic E-state index is 0.0850. The first kappa shape index (κ1) is 13.9. The van der Waals surface area contributed by atoms with Gasteiger partial charge in [-0.15, -0.1) is 0 Å². The van der Waals surface area contributed by atoms with Crippen molar-refractivity contribution < 1.29 is 18.3 Å². The maximum atomic E-state index is 11.9. The Bertz CT molecular complexity index is 568. The molecule has 6 heteroatoms. The van der Waals surface area contributed by atoms with Crippen molar-refractivity contribution in [2.75, 3.05) is 5.75 Å². The van der Waals surface area contributed by atoms with E-state index in [0.717, 1.165) is 6.42 Å². The Balaban J connectivity index is 2.00. The average Bonchev–Trinajstić information content (AvgIpc) is 2.37. The van der Waals surface area contributed by atoms with Gasteiger partial charge in [0.1, 0.15) is 11.0 Å². The molecule has 1 aliphatic heterocycles. The first-order valence-electron chi connectivity index (χ1n) is 6.27. The third kappa shape index (κ3) is 3.26. The third-order valence-electron chi connectivity index (χ3n) is 3.32. The zero-order valence-corrected chi connectivity index (χ0v) is 11.3. The monoisotopic (exact) mass is 283 g/mol. The van der Waals surface area contributed by atoms with Crippen molar-refractivity contribution in [2.45, 2.75) is 31.1 Å². The summed E-state index contributed by atoms with van der Waals surface area (Å²) in [6.45, 7) is 0.136. The van der Waals surface area contributed by atoms with E-state index in [2.05, 4.69) is 5.32 Å². The molecule has 0 saturated carbocycles. The summed E-state index contributed by atoms with van der Waals surface area (Å²) in [4.78, 5) is 11.9. The number of carbonyl (C=O) groups is 1. The van der Waals surface area contributed by atoms with Crippen molar-refractivity contribution in [3.05, 3.63) is 29.8 Å². The van der Waals surface area contributed by atoms with Gasteiger partial charge in [0.05, 0.1) is 5.75 Å². The maximum absolute atomic E-state index is 11.9. The van der Waals surface area contributed by atoms with E-state index >= 15 is 0 Å². The molecule has 0 aliphatic carbocycles. The van der Waals surface area contributed by atoms with Gasteiger partial charge in [-0.05, 0) is 18.9 Å². The van der Waals surface area contributed by atoms with Crippen molar-refractivity contribution in [3.8, 4) is 5.75 Å². The van der Waals surface area contributed by atoms with Crippen molar-refractivity contribution in [1.82, 2.24) is 5.32 Å². The minimum atomic E-state index is -3.31. The van der Waals surface area contributed by atoms with E-state index in [-0.39, 0.29) is 18.0 Å². The maximum Gasteiger partial charge on any atom is 0.238 e. The van der Waals surface area contributed by atoms with Crippen LogP contribution >= 0.6 is 0 Å². The van der Waals surface area contributed by atoms with Gasteiger partial charge in [-0.2, -0.15) is 0 Å². The number of carbonyl (C=O) groups excluding carboxylic acids is 1. The highest BCUT2D eigenvalue weighted by molar-refractivity contribution is 7.92. The second-order valence-electron chi connectivity index (χ2n) is 4.70. The quantitative estimate of drug-likeness (QED) is 0.866. The van der Waals surface area contributed by atoms with Gasteiger partial charge in [0, 0.05) is 12.1 Å². The Labute approximate surface area is 112 Å². The molecule has 1 heterocycles. The lowest BCUT2D eigenvalue weighted by atomic mass is 10.1. The highest BCUT2D eigenvalue weighted by atomic mass is 32.2. The molecule has 2 N–H and O–H groups in total. The summed E-state index contributed by atoms with van der Waals surface area (Å²) in [6, 6.07) is 6.65. The number of nitrogens with one attached hydrogen (secondary N) is 1. The lowest BCUT2D eigenvalue weighted by Gasteiger charge is -2.21. The van der Waals surface area contributed by atoms with Crippen molar-refractivity contribution in [2.24, 2.45) is 0 Å². The lowest BCUT2D eigenvalue weighted by molar-refractivity contribution is -0.121. The molecule has 1 saturated heterocycles. The normalized spacial score (nSPS) is 21.8. The fourth-order valence-corrected chi connectivity index (χ4v) is 4.03. The summed E-state index contributed by atoms with van der Waals surface area (Å²) in [5.74, 6) is -0.293. The van der Waals surface area contributed by atoms with Gasteiger partial charge in [0.15, 0.2) is 9.84 Å². The van der Waals surface area contributed by atoms with Crippen molar-refractivity contribution >= 4 is 15.7 Å². The molecule has 5 nitrogen and oxygen atoms in total. The lowest BCUT2D eigenvalue weighted by Crippen LogP contribution is -2.42. The second kappa shape index (κ2) is 5.61. The average molecular weight is 283 g/mol. The molecule has 2 rings (SSSR count). The van der Waals surface area contributed by atoms with Crippen LogP contribution in [0.3, 0.4) is 0 Å². The number of amides is 1. The topological polar surface area (TPSA) is 83.5 Å². The Hall–Kier alpha value is -1.56. The minimum Gasteiger partial charge on any atom is -0.508 e. The molecule has 0 spiro atoms. The summed E-state index contributed by atoms with van der Waals surface area (Å²) in [7, 11) is -3.31. The van der Waals surface area contributed by atoms with E-state index < -0.39 is 21.0 Å². The van der Waals surface area contributed by atoms with Crippen LogP contribution in [-0.2, 0) is 21.2 Å². The van der Waals surface area contributed by atoms with Gasteiger partial charge in [0.2, 0.25) is 5.91 Å². The third-order valence-corrected chi connectivity index (χ3v) is 5.49. The number of aromatic hydroxyl groups is 1. The van der Waals surface area contributed by atoms with Gasteiger partial charge in [0.25, 0.3) is 0 Å². The SMILES string of the molecule is O=C(NCc1ccccc1O)C1CCCCS1(=O)=O. The standard InChI is InChI=1S/C13H17NO4S/c15-11-6-2-1-5-10(11)9-14-13(16)12-7-3-4-8-19(12,17)18/h1-2,5-6,12,15H,3-4,7-9H2,(H,14,16). The van der Waals surface area contributed by atoms with Gasteiger partial charge < -0.3 is 10.4 Å². The Morgan fingerprint density at radius 3 is 2.74 bits per heavy atom. The van der Waals surface area contributed by atoms with E-state index in [0.29, 0.717) is 18.4 Å². The molecule has 19 heavy (non-hydrogen) atoms. The molecular weight excluding hydrogens is 266 g/mol. The van der Waals surface area contributed by atoms with Crippen LogP contribution in [0.4, 0.5) is 0 Å². The smallest absolute Gasteiger partial charge is 0.238 e. The fourth-order valence-electron chi connectivity index (χ4n) is 2.21. The van der Waals surface area contributed by atoms with E-state index in [4.69, 9.17) is 0 Å². The van der Waals surface area contributed by atoms with Gasteiger partial charge in [-0.25, -0.2) is 8.42 Å². The van der Waals surface area contributed by atoms with E-state index in [1.165, 1.54) is 6.07 Å². The summed E-state index contributed by atoms with van der Waals surface area (Å²) in [6.07, 6.45) is 1.77. The predicted molar refractivity (Wildman–Crippen MR) is 71.4 cm³/mol. The molecule has 0 bridgehead atoms. The molecule has 1 aromatic rings. The number of phenols is 1. The summed E-state index contributed by atoms with van der Waals surface area (Å²) in [5.41, 5.74) is 0.573. The first-order valence-corrected chi connectivity index (χ1v) is 7.98. The summed E-state index contributed by atoms with van der Waals surface area (Å²) in [5, 5.41) is 11.2. The Morgan fingerprint density at radius 2 is 2.05 bits per heavy atom. The number of rotatable bonds is 3. The Kier molecular flexibility index (Phi) is 4.09. The predicted octanol–water partition coefficient (Wildman–Crippen LogP) is 0.976. The van der Waals surface area contributed by atoms with Crippen LogP contribution in [0, 0.1) is 0 Å². The molecule has 0 aromatic heterocycles. The van der Waals surface area contributed by atoms with Gasteiger partial charge in [-0.1, -0.05) is 24.6 Å². The molecular formula is C13H17NO4S. The molecule has 1 atom stereocenters. The number of hydrogen-bond donors (Lipinski definition) is 2. The van der Waals surface area contributed by atoms with Gasteiger partial charge in [-0.3, -0.25) is 4.79 Å². The first-order chi connectivity index (χ1) is 9.00. The highest BCUT2D eigenvalue weighted by Crippen LogP contribution is 2.20. The zero-order chi connectivity index (χ0) is 13.9. The molecule has 1 fully saturated rings. The molecule has 1 unspecified atom stereocenters. The molecule has 1 aliphatic rings. The van der Waals surface area contributed by atoms with E-state index in [1.54, 1.807) is 18.2 Å². The highest BCUT2D eigenvalue weighted by Gasteiger charge is 2.34. The van der Waals surface area contributed by atoms with Crippen LogP contribution in [0.5, 0.6) is 5.75 Å². The van der Waals surface area contributed by atoms with Crippen LogP contribution in [0.2, 0.25) is 0 Å². The van der Waals surface area contributed by atoms with E-state index in [9.17, 15) is 18.3 Å². The van der Waals surface area contributed by atoms with Crippen molar-refractivity contribution in [1.29, 1.82) is 0 Å². The second-order valence-corrected chi connectivity index (χ2v) is 7.00. The number of benzene rings is 1. The Morgan fingerprint density at radius 1 is 1.32 bits per heavy atom. The zero-order valence-electron chi connectivity index (χ0n) is 10.5. The molecule has 104 valence electrons. The van der Waals surface area contributed by atoms with Crippen LogP contribution in [0.15, 0.2) is 24.3 Å². The van der Waals surface area contributed by atoms with E-state index in [1.807, 2.05) is 0 Å². The number of sulfone groups is 1. The largest absolute Gasteiger partial charge is 0.508 e. The van der Waals surface area contributed by atoms with Crippen molar-refractivity contribution in [3.63, 3.8) is 0 Å². The van der Waals surface area contributed by atoms with Crippen LogP contribution in [0.1, 0.15) is 24.8 Å². The van der Waals surface area contributed by atoms with Crippen LogP contribution < -0.4 is 5.32 Å². The summed E-state index contributed by atoms with van der Waals surface area (Å²) < 4.78 is 23.6. The number of para-hydroxylation sites is 1. The molecule has 1 aromatic carbocycles. The van der Waals surface area contributed by atoms with Crippen LogP contribution in [0.25, 0.3) is 0 Å². The fraction of sp³-hybridized carbons (Fsp3) is 0.462. The van der Waals surface area contributed by atoms with Gasteiger partial charge >= 0.3 is 0 Å². The molecule has 0 radical (unpaired) electrons. The molecule has 1 amide bonds. The number of hydrogen-bond acceptors (Lipinski definition) is 4. The summed E-state index contributed by atoms with van der Waals surface area (Å²) >= 11 is 0.